The van der Waals surface area contributed by atoms with Gasteiger partial charge in [0.2, 0.25) is 0 Å². The minimum Gasteiger partial charge on any atom is -0.480 e. The number of nitrogens with one attached hydrogen (secondary N) is 1. The van der Waals surface area contributed by atoms with Crippen molar-refractivity contribution in [3.8, 4) is 12.3 Å². The monoisotopic (exact) mass is 231 g/mol. The Morgan fingerprint density at radius 3 is 2.53 bits per heavy atom. The molecule has 0 aliphatic heterocycles. The molecule has 1 unspecified atom stereocenters. The van der Waals surface area contributed by atoms with Gasteiger partial charge in [0.05, 0.1) is 0 Å². The number of rotatable bonds is 5. The first kappa shape index (κ1) is 12.8. The molecule has 0 aromatic heterocycles. The van der Waals surface area contributed by atoms with Gasteiger partial charge in [-0.2, -0.15) is 0 Å². The van der Waals surface area contributed by atoms with Gasteiger partial charge < -0.3 is 10.4 Å². The summed E-state index contributed by atoms with van der Waals surface area (Å²) < 4.78 is 0. The Bertz CT molecular complexity index is 434. The van der Waals surface area contributed by atoms with E-state index in [1.165, 1.54) is 0 Å². The number of benzene rings is 1. The number of aliphatic carboxylic acids is 1. The molecule has 0 heterocycles. The maximum atomic E-state index is 10.9. The maximum absolute atomic E-state index is 10.9. The van der Waals surface area contributed by atoms with E-state index in [9.17, 15) is 9.59 Å². The fourth-order valence-electron chi connectivity index (χ4n) is 1.41. The molecular formula is C13H13NO3. The predicted octanol–water partition coefficient (Wildman–Crippen LogP) is 0.822. The van der Waals surface area contributed by atoms with Gasteiger partial charge in [0.15, 0.2) is 0 Å². The van der Waals surface area contributed by atoms with E-state index in [2.05, 4.69) is 5.32 Å². The number of hydrogen-bond donors (Lipinski definition) is 2. The van der Waals surface area contributed by atoms with Crippen molar-refractivity contribution in [1.29, 1.82) is 0 Å². The van der Waals surface area contributed by atoms with Gasteiger partial charge in [-0.3, -0.25) is 4.79 Å². The minimum atomic E-state index is -1.08. The number of hydrogen-bond acceptors (Lipinski definition) is 2. The Balaban J connectivity index is 2.54. The van der Waals surface area contributed by atoms with Crippen LogP contribution >= 0.6 is 0 Å². The third-order valence-electron chi connectivity index (χ3n) is 2.30. The van der Waals surface area contributed by atoms with Gasteiger partial charge in [0, 0.05) is 0 Å². The van der Waals surface area contributed by atoms with Crippen LogP contribution in [0.15, 0.2) is 30.3 Å². The van der Waals surface area contributed by atoms with Crippen LogP contribution < -0.4 is 5.32 Å². The van der Waals surface area contributed by atoms with E-state index in [1.807, 2.05) is 36.3 Å². The van der Waals surface area contributed by atoms with Crippen LogP contribution in [0.3, 0.4) is 0 Å². The van der Waals surface area contributed by atoms with E-state index in [0.29, 0.717) is 12.8 Å². The molecule has 88 valence electrons. The van der Waals surface area contributed by atoms with Crippen LogP contribution in [0, 0.1) is 12.3 Å². The normalized spacial score (nSPS) is 11.2. The van der Waals surface area contributed by atoms with Crippen molar-refractivity contribution in [2.75, 3.05) is 0 Å². The van der Waals surface area contributed by atoms with Crippen LogP contribution in [-0.4, -0.2) is 23.0 Å². The van der Waals surface area contributed by atoms with Gasteiger partial charge in [0.25, 0.3) is 5.91 Å². The Morgan fingerprint density at radius 1 is 1.35 bits per heavy atom. The minimum absolute atomic E-state index is 0.312. The number of amides is 1. The van der Waals surface area contributed by atoms with E-state index in [1.54, 1.807) is 0 Å². The number of carbonyl (C=O) groups is 2. The first-order valence-electron chi connectivity index (χ1n) is 5.17. The molecule has 0 spiro atoms. The highest BCUT2D eigenvalue weighted by Crippen LogP contribution is 2.05. The molecule has 17 heavy (non-hydrogen) atoms. The number of carboxylic acids is 1. The first-order valence-corrected chi connectivity index (χ1v) is 5.17. The molecule has 0 aliphatic rings. The standard InChI is InChI=1S/C13H13NO3/c1-2-12(15)14-11(13(16)17)9-8-10-6-4-3-5-7-10/h1,3-7,11H,8-9H2,(H,14,15)(H,16,17). The number of aryl methyl sites for hydroxylation is 1. The van der Waals surface area contributed by atoms with E-state index < -0.39 is 17.9 Å². The SMILES string of the molecule is C#CC(=O)NC(CCc1ccccc1)C(=O)O. The number of terminal acetylenes is 1. The van der Waals surface area contributed by atoms with Gasteiger partial charge in [-0.25, -0.2) is 4.79 Å². The molecule has 1 aromatic rings. The molecule has 1 rings (SSSR count). The van der Waals surface area contributed by atoms with Crippen LogP contribution in [0.4, 0.5) is 0 Å². The quantitative estimate of drug-likeness (QED) is 0.737. The molecular weight excluding hydrogens is 218 g/mol. The first-order chi connectivity index (χ1) is 8.13. The lowest BCUT2D eigenvalue weighted by atomic mass is 10.1. The Labute approximate surface area is 99.7 Å². The molecule has 1 aromatic carbocycles. The highest BCUT2D eigenvalue weighted by molar-refractivity contribution is 5.95. The third-order valence-corrected chi connectivity index (χ3v) is 2.30. The highest BCUT2D eigenvalue weighted by atomic mass is 16.4. The second kappa shape index (κ2) is 6.33. The van der Waals surface area contributed by atoms with Crippen molar-refractivity contribution in [3.63, 3.8) is 0 Å². The lowest BCUT2D eigenvalue weighted by Crippen LogP contribution is -2.40. The molecule has 1 atom stereocenters. The Morgan fingerprint density at radius 2 is 2.00 bits per heavy atom. The zero-order chi connectivity index (χ0) is 12.7. The summed E-state index contributed by atoms with van der Waals surface area (Å²) in [4.78, 5) is 21.8. The fraction of sp³-hybridized carbons (Fsp3) is 0.231. The van der Waals surface area contributed by atoms with Gasteiger partial charge in [-0.15, -0.1) is 6.42 Å². The molecule has 1 amide bonds. The predicted molar refractivity (Wildman–Crippen MR) is 63.2 cm³/mol. The average molecular weight is 231 g/mol. The number of carbonyl (C=O) groups excluding carboxylic acids is 1. The summed E-state index contributed by atoms with van der Waals surface area (Å²) in [5.41, 5.74) is 1.02. The van der Waals surface area contributed by atoms with E-state index >= 15 is 0 Å². The summed E-state index contributed by atoms with van der Waals surface area (Å²) >= 11 is 0. The molecule has 2 N–H and O–H groups in total. The molecule has 0 fully saturated rings. The fourth-order valence-corrected chi connectivity index (χ4v) is 1.41. The molecule has 4 heteroatoms. The van der Waals surface area contributed by atoms with Crippen molar-refractivity contribution < 1.29 is 14.7 Å². The number of carboxylic acid groups (broad SMARTS) is 1. The lowest BCUT2D eigenvalue weighted by Gasteiger charge is -2.12. The van der Waals surface area contributed by atoms with Crippen molar-refractivity contribution in [1.82, 2.24) is 5.32 Å². The van der Waals surface area contributed by atoms with Crippen molar-refractivity contribution in [2.45, 2.75) is 18.9 Å². The largest absolute Gasteiger partial charge is 0.480 e. The van der Waals surface area contributed by atoms with Crippen LogP contribution in [0.2, 0.25) is 0 Å². The summed E-state index contributed by atoms with van der Waals surface area (Å²) in [6, 6.07) is 8.51. The van der Waals surface area contributed by atoms with E-state index in [0.717, 1.165) is 5.56 Å². The van der Waals surface area contributed by atoms with Crippen LogP contribution in [0.25, 0.3) is 0 Å². The molecule has 0 saturated heterocycles. The van der Waals surface area contributed by atoms with Gasteiger partial charge in [0.1, 0.15) is 6.04 Å². The topological polar surface area (TPSA) is 66.4 Å². The van der Waals surface area contributed by atoms with Crippen molar-refractivity contribution in [3.05, 3.63) is 35.9 Å². The Hall–Kier alpha value is -2.28. The molecule has 0 saturated carbocycles. The van der Waals surface area contributed by atoms with E-state index in [4.69, 9.17) is 11.5 Å². The summed E-state index contributed by atoms with van der Waals surface area (Å²) in [7, 11) is 0. The molecule has 0 aliphatic carbocycles. The molecule has 0 bridgehead atoms. The van der Waals surface area contributed by atoms with Gasteiger partial charge >= 0.3 is 5.97 Å². The summed E-state index contributed by atoms with van der Waals surface area (Å²) in [6.45, 7) is 0. The maximum Gasteiger partial charge on any atom is 0.326 e. The van der Waals surface area contributed by atoms with Crippen LogP contribution in [0.5, 0.6) is 0 Å². The van der Waals surface area contributed by atoms with Gasteiger partial charge in [-0.05, 0) is 24.3 Å². The van der Waals surface area contributed by atoms with Crippen molar-refractivity contribution in [2.24, 2.45) is 0 Å². The highest BCUT2D eigenvalue weighted by Gasteiger charge is 2.18. The van der Waals surface area contributed by atoms with Gasteiger partial charge in [-0.1, -0.05) is 30.3 Å². The smallest absolute Gasteiger partial charge is 0.326 e. The third kappa shape index (κ3) is 4.39. The average Bonchev–Trinajstić information content (AvgIpc) is 2.35. The molecule has 0 radical (unpaired) electrons. The lowest BCUT2D eigenvalue weighted by molar-refractivity contribution is -0.141. The van der Waals surface area contributed by atoms with E-state index in [-0.39, 0.29) is 0 Å². The molecule has 4 nitrogen and oxygen atoms in total. The summed E-state index contributed by atoms with van der Waals surface area (Å²) in [5, 5.41) is 11.2. The Kier molecular flexibility index (Phi) is 4.77. The van der Waals surface area contributed by atoms with Crippen LogP contribution in [-0.2, 0) is 16.0 Å². The van der Waals surface area contributed by atoms with Crippen LogP contribution in [0.1, 0.15) is 12.0 Å². The second-order valence-electron chi connectivity index (χ2n) is 3.53. The summed E-state index contributed by atoms with van der Waals surface area (Å²) in [6.07, 6.45) is 5.76. The zero-order valence-electron chi connectivity index (χ0n) is 9.22. The second-order valence-corrected chi connectivity index (χ2v) is 3.53. The summed E-state index contributed by atoms with van der Waals surface area (Å²) in [5.74, 6) is 0.0527. The van der Waals surface area contributed by atoms with Crippen molar-refractivity contribution >= 4 is 11.9 Å². The zero-order valence-corrected chi connectivity index (χ0v) is 9.22.